The van der Waals surface area contributed by atoms with Crippen LogP contribution in [-0.4, -0.2) is 4.98 Å². The minimum atomic E-state index is -0.659. The second-order valence-electron chi connectivity index (χ2n) is 4.00. The van der Waals surface area contributed by atoms with E-state index in [1.807, 2.05) is 30.3 Å². The third kappa shape index (κ3) is 2.12. The molecule has 1 heterocycles. The first kappa shape index (κ1) is 11.6. The van der Waals surface area contributed by atoms with Crippen LogP contribution >= 0.6 is 0 Å². The average molecular weight is 257 g/mol. The summed E-state index contributed by atoms with van der Waals surface area (Å²) < 4.78 is 32.5. The number of rotatable bonds is 2. The summed E-state index contributed by atoms with van der Waals surface area (Å²) in [6, 6.07) is 12.9. The summed E-state index contributed by atoms with van der Waals surface area (Å²) in [5.74, 6) is -0.987. The van der Waals surface area contributed by atoms with Crippen molar-refractivity contribution in [3.8, 4) is 22.7 Å². The lowest BCUT2D eigenvalue weighted by Crippen LogP contribution is -1.89. The smallest absolute Gasteiger partial charge is 0.226 e. The minimum absolute atomic E-state index is 0.148. The summed E-state index contributed by atoms with van der Waals surface area (Å²) in [6.07, 6.45) is 1.25. The summed E-state index contributed by atoms with van der Waals surface area (Å²) in [4.78, 5) is 4.13. The molecule has 0 unspecified atom stereocenters. The van der Waals surface area contributed by atoms with E-state index < -0.39 is 11.6 Å². The van der Waals surface area contributed by atoms with E-state index in [-0.39, 0.29) is 11.3 Å². The van der Waals surface area contributed by atoms with Gasteiger partial charge in [0.1, 0.15) is 23.6 Å². The zero-order valence-corrected chi connectivity index (χ0v) is 9.81. The first-order valence-corrected chi connectivity index (χ1v) is 5.71. The highest BCUT2D eigenvalue weighted by atomic mass is 19.1. The fourth-order valence-corrected chi connectivity index (χ4v) is 1.84. The number of halogens is 2. The van der Waals surface area contributed by atoms with E-state index in [1.165, 1.54) is 24.5 Å². The van der Waals surface area contributed by atoms with E-state index in [0.29, 0.717) is 5.89 Å². The molecule has 4 heteroatoms. The van der Waals surface area contributed by atoms with Crippen molar-refractivity contribution < 1.29 is 13.2 Å². The summed E-state index contributed by atoms with van der Waals surface area (Å²) in [6.45, 7) is 0. The molecule has 0 aliphatic rings. The number of hydrogen-bond donors (Lipinski definition) is 0. The van der Waals surface area contributed by atoms with Crippen LogP contribution in [0.25, 0.3) is 22.7 Å². The molecular weight excluding hydrogens is 248 g/mol. The second-order valence-corrected chi connectivity index (χ2v) is 4.00. The van der Waals surface area contributed by atoms with Crippen molar-refractivity contribution in [1.82, 2.24) is 4.98 Å². The van der Waals surface area contributed by atoms with Gasteiger partial charge in [-0.3, -0.25) is 0 Å². The Bertz CT molecular complexity index is 687. The lowest BCUT2D eigenvalue weighted by atomic mass is 10.1. The third-order valence-electron chi connectivity index (χ3n) is 2.74. The summed E-state index contributed by atoms with van der Waals surface area (Å²) in [5, 5.41) is 0. The molecule has 0 N–H and O–H groups in total. The topological polar surface area (TPSA) is 26.0 Å². The van der Waals surface area contributed by atoms with Crippen LogP contribution in [0.3, 0.4) is 0 Å². The van der Waals surface area contributed by atoms with E-state index in [1.54, 1.807) is 0 Å². The molecular formula is C15H9F2NO. The van der Waals surface area contributed by atoms with E-state index in [9.17, 15) is 8.78 Å². The highest BCUT2D eigenvalue weighted by Gasteiger charge is 2.15. The van der Waals surface area contributed by atoms with Crippen LogP contribution < -0.4 is 0 Å². The van der Waals surface area contributed by atoms with Crippen LogP contribution in [0.5, 0.6) is 0 Å². The normalized spacial score (nSPS) is 10.6. The van der Waals surface area contributed by atoms with Crippen LogP contribution in [0.2, 0.25) is 0 Å². The van der Waals surface area contributed by atoms with Gasteiger partial charge in [0.2, 0.25) is 5.89 Å². The lowest BCUT2D eigenvalue weighted by molar-refractivity contribution is 0.572. The van der Waals surface area contributed by atoms with Crippen LogP contribution in [-0.2, 0) is 0 Å². The monoisotopic (exact) mass is 257 g/mol. The fraction of sp³-hybridized carbons (Fsp3) is 0. The zero-order chi connectivity index (χ0) is 13.2. The van der Waals surface area contributed by atoms with Gasteiger partial charge in [-0.05, 0) is 24.3 Å². The van der Waals surface area contributed by atoms with Crippen LogP contribution in [0.1, 0.15) is 0 Å². The highest BCUT2D eigenvalue weighted by molar-refractivity contribution is 5.63. The van der Waals surface area contributed by atoms with Gasteiger partial charge >= 0.3 is 0 Å². The number of benzene rings is 2. The number of aromatic nitrogens is 1. The fourth-order valence-electron chi connectivity index (χ4n) is 1.84. The highest BCUT2D eigenvalue weighted by Crippen LogP contribution is 2.28. The standard InChI is InChI=1S/C15H9F2NO/c16-11-7-4-8-12(17)14(11)13-9-19-15(18-13)10-5-2-1-3-6-10/h1-9H. The maximum Gasteiger partial charge on any atom is 0.226 e. The number of hydrogen-bond acceptors (Lipinski definition) is 2. The molecule has 2 aromatic carbocycles. The Kier molecular flexibility index (Phi) is 2.83. The molecule has 19 heavy (non-hydrogen) atoms. The Morgan fingerprint density at radius 1 is 0.842 bits per heavy atom. The lowest BCUT2D eigenvalue weighted by Gasteiger charge is -1.99. The molecule has 0 bridgehead atoms. The molecule has 1 aromatic heterocycles. The van der Waals surface area contributed by atoms with E-state index in [2.05, 4.69) is 4.98 Å². The Morgan fingerprint density at radius 3 is 2.21 bits per heavy atom. The molecule has 0 spiro atoms. The third-order valence-corrected chi connectivity index (χ3v) is 2.74. The molecule has 0 atom stereocenters. The van der Waals surface area contributed by atoms with Crippen molar-refractivity contribution in [3.63, 3.8) is 0 Å². The summed E-state index contributed by atoms with van der Waals surface area (Å²) >= 11 is 0. The van der Waals surface area contributed by atoms with Gasteiger partial charge in [0, 0.05) is 5.56 Å². The first-order valence-electron chi connectivity index (χ1n) is 5.71. The van der Waals surface area contributed by atoms with Crippen LogP contribution in [0.4, 0.5) is 8.78 Å². The second kappa shape index (κ2) is 4.65. The Labute approximate surface area is 108 Å². The van der Waals surface area contributed by atoms with Crippen molar-refractivity contribution in [1.29, 1.82) is 0 Å². The predicted molar refractivity (Wildman–Crippen MR) is 67.3 cm³/mol. The van der Waals surface area contributed by atoms with Crippen molar-refractivity contribution in [3.05, 3.63) is 66.4 Å². The van der Waals surface area contributed by atoms with Gasteiger partial charge in [-0.1, -0.05) is 24.3 Å². The minimum Gasteiger partial charge on any atom is -0.444 e. The van der Waals surface area contributed by atoms with Gasteiger partial charge in [-0.2, -0.15) is 0 Å². The largest absolute Gasteiger partial charge is 0.444 e. The van der Waals surface area contributed by atoms with Gasteiger partial charge in [0.25, 0.3) is 0 Å². The maximum absolute atomic E-state index is 13.6. The maximum atomic E-state index is 13.6. The molecule has 3 aromatic rings. The average Bonchev–Trinajstić information content (AvgIpc) is 2.89. The molecule has 2 nitrogen and oxygen atoms in total. The van der Waals surface area contributed by atoms with Gasteiger partial charge in [0.05, 0.1) is 5.56 Å². The molecule has 0 saturated heterocycles. The zero-order valence-electron chi connectivity index (χ0n) is 9.81. The van der Waals surface area contributed by atoms with Crippen molar-refractivity contribution in [2.75, 3.05) is 0 Å². The molecule has 0 aliphatic heterocycles. The Balaban J connectivity index is 2.07. The Hall–Kier alpha value is -2.49. The Morgan fingerprint density at radius 2 is 1.53 bits per heavy atom. The van der Waals surface area contributed by atoms with Gasteiger partial charge in [-0.25, -0.2) is 13.8 Å². The molecule has 0 aliphatic carbocycles. The quantitative estimate of drug-likeness (QED) is 0.684. The van der Waals surface area contributed by atoms with Crippen molar-refractivity contribution >= 4 is 0 Å². The molecule has 0 radical (unpaired) electrons. The van der Waals surface area contributed by atoms with E-state index >= 15 is 0 Å². The molecule has 0 amide bonds. The molecule has 3 rings (SSSR count). The van der Waals surface area contributed by atoms with Crippen LogP contribution in [0.15, 0.2) is 59.2 Å². The van der Waals surface area contributed by atoms with Gasteiger partial charge in [-0.15, -0.1) is 0 Å². The molecule has 0 fully saturated rings. The van der Waals surface area contributed by atoms with Crippen molar-refractivity contribution in [2.24, 2.45) is 0 Å². The SMILES string of the molecule is Fc1cccc(F)c1-c1coc(-c2ccccc2)n1. The molecule has 0 saturated carbocycles. The summed E-state index contributed by atoms with van der Waals surface area (Å²) in [5.41, 5.74) is 0.730. The van der Waals surface area contributed by atoms with E-state index in [4.69, 9.17) is 4.42 Å². The number of oxazole rings is 1. The van der Waals surface area contributed by atoms with E-state index in [0.717, 1.165) is 5.56 Å². The summed E-state index contributed by atoms with van der Waals surface area (Å²) in [7, 11) is 0. The predicted octanol–water partition coefficient (Wildman–Crippen LogP) is 4.29. The van der Waals surface area contributed by atoms with Crippen LogP contribution in [0, 0.1) is 11.6 Å². The van der Waals surface area contributed by atoms with Crippen molar-refractivity contribution in [2.45, 2.75) is 0 Å². The van der Waals surface area contributed by atoms with Gasteiger partial charge in [0.15, 0.2) is 0 Å². The molecule has 94 valence electrons. The first-order chi connectivity index (χ1) is 9.25. The van der Waals surface area contributed by atoms with Gasteiger partial charge < -0.3 is 4.42 Å². The number of nitrogens with zero attached hydrogens (tertiary/aromatic N) is 1.